The first-order valence-corrected chi connectivity index (χ1v) is 11.2. The zero-order valence-corrected chi connectivity index (χ0v) is 18.7. The molecule has 9 nitrogen and oxygen atoms in total. The molecule has 0 saturated carbocycles. The summed E-state index contributed by atoms with van der Waals surface area (Å²) >= 11 is 0. The Bertz CT molecular complexity index is 714. The van der Waals surface area contributed by atoms with Gasteiger partial charge in [0.25, 0.3) is 10.1 Å². The summed E-state index contributed by atoms with van der Waals surface area (Å²) in [6, 6.07) is 0. The van der Waals surface area contributed by atoms with E-state index in [9.17, 15) is 22.8 Å². The molecule has 11 heteroatoms. The van der Waals surface area contributed by atoms with E-state index in [2.05, 4.69) is 13.2 Å². The first-order chi connectivity index (χ1) is 13.8. The Morgan fingerprint density at radius 2 is 1.32 bits per heavy atom. The maximum absolute atomic E-state index is 12.7. The number of hydrogen-bond donors (Lipinski definition) is 1. The number of carbonyl (C=O) groups is 3. The van der Waals surface area contributed by atoms with Crippen LogP contribution in [0.4, 0.5) is 0 Å². The molecule has 176 valence electrons. The number of ether oxygens (including phenoxy) is 3. The van der Waals surface area contributed by atoms with E-state index in [-0.39, 0.29) is 80.9 Å². The van der Waals surface area contributed by atoms with Crippen molar-refractivity contribution in [3.8, 4) is 0 Å². The van der Waals surface area contributed by atoms with Gasteiger partial charge in [-0.2, -0.15) is 8.42 Å². The van der Waals surface area contributed by atoms with Gasteiger partial charge in [0.15, 0.2) is 0 Å². The quantitative estimate of drug-likeness (QED) is 0.0909. The molecule has 0 aromatic heterocycles. The van der Waals surface area contributed by atoms with Crippen molar-refractivity contribution in [2.24, 2.45) is 5.41 Å². The van der Waals surface area contributed by atoms with Crippen LogP contribution in [0, 0.1) is 5.41 Å². The van der Waals surface area contributed by atoms with Gasteiger partial charge in [0, 0.05) is 11.1 Å². The molecule has 0 amide bonds. The van der Waals surface area contributed by atoms with Crippen LogP contribution in [0.2, 0.25) is 0 Å². The Labute approximate surface area is 214 Å². The van der Waals surface area contributed by atoms with Crippen molar-refractivity contribution in [1.29, 1.82) is 0 Å². The summed E-state index contributed by atoms with van der Waals surface area (Å²) in [6.45, 7) is 11.0. The van der Waals surface area contributed by atoms with Gasteiger partial charge in [-0.05, 0) is 33.1 Å². The van der Waals surface area contributed by atoms with Gasteiger partial charge in [-0.1, -0.05) is 32.9 Å². The molecule has 0 fully saturated rings. The SMILES string of the molecule is C=C(C)C(=O)OCC(CC)(COC(=O)C(=C)C)C(=O)OCCCCCCS(=O)(=O)O.[CaH2]. The van der Waals surface area contributed by atoms with E-state index < -0.39 is 33.4 Å². The molecule has 0 heterocycles. The zero-order valence-electron chi connectivity index (χ0n) is 17.9. The van der Waals surface area contributed by atoms with Crippen molar-refractivity contribution in [1.82, 2.24) is 0 Å². The molecule has 0 atom stereocenters. The van der Waals surface area contributed by atoms with Crippen molar-refractivity contribution in [2.75, 3.05) is 25.6 Å². The zero-order chi connectivity index (χ0) is 23.4. The molecule has 0 unspecified atom stereocenters. The third-order valence-electron chi connectivity index (χ3n) is 4.30. The molecule has 0 spiro atoms. The van der Waals surface area contributed by atoms with Gasteiger partial charge in [0.2, 0.25) is 0 Å². The first kappa shape index (κ1) is 32.2. The first-order valence-electron chi connectivity index (χ1n) is 9.62. The monoisotopic (exact) mass is 490 g/mol. The second-order valence-corrected chi connectivity index (χ2v) is 8.76. The van der Waals surface area contributed by atoms with E-state index in [0.29, 0.717) is 25.7 Å². The summed E-state index contributed by atoms with van der Waals surface area (Å²) in [5.41, 5.74) is -1.05. The van der Waals surface area contributed by atoms with E-state index in [1.807, 2.05) is 0 Å². The second kappa shape index (κ2) is 15.8. The topological polar surface area (TPSA) is 133 Å². The minimum absolute atomic E-state index is 0. The average Bonchev–Trinajstić information content (AvgIpc) is 2.65. The van der Waals surface area contributed by atoms with Gasteiger partial charge < -0.3 is 14.2 Å². The van der Waals surface area contributed by atoms with Crippen LogP contribution in [0.3, 0.4) is 0 Å². The minimum atomic E-state index is -3.97. The fourth-order valence-electron chi connectivity index (χ4n) is 2.22. The number of unbranched alkanes of at least 4 members (excludes halogenated alkanes) is 3. The van der Waals surface area contributed by atoms with E-state index in [0.717, 1.165) is 0 Å². The second-order valence-electron chi connectivity index (χ2n) is 7.18. The van der Waals surface area contributed by atoms with E-state index in [1.54, 1.807) is 6.92 Å². The Kier molecular flexibility index (Phi) is 16.4. The Morgan fingerprint density at radius 1 is 0.871 bits per heavy atom. The van der Waals surface area contributed by atoms with Gasteiger partial charge in [0.05, 0.1) is 12.4 Å². The van der Waals surface area contributed by atoms with Crippen LogP contribution < -0.4 is 0 Å². The average molecular weight is 491 g/mol. The van der Waals surface area contributed by atoms with Crippen molar-refractivity contribution in [3.05, 3.63) is 24.3 Å². The maximum atomic E-state index is 12.7. The number of carbonyl (C=O) groups excluding carboxylic acids is 3. The van der Waals surface area contributed by atoms with E-state index in [4.69, 9.17) is 18.8 Å². The van der Waals surface area contributed by atoms with Gasteiger partial charge in [-0.25, -0.2) is 9.59 Å². The van der Waals surface area contributed by atoms with Gasteiger partial charge >= 0.3 is 55.6 Å². The van der Waals surface area contributed by atoms with Gasteiger partial charge in [-0.3, -0.25) is 9.35 Å². The molecule has 0 rings (SSSR count). The summed E-state index contributed by atoms with van der Waals surface area (Å²) in [5, 5.41) is 0. The van der Waals surface area contributed by atoms with Crippen LogP contribution >= 0.6 is 0 Å². The molecule has 31 heavy (non-hydrogen) atoms. The van der Waals surface area contributed by atoms with Crippen LogP contribution in [0.15, 0.2) is 24.3 Å². The molecule has 0 radical (unpaired) electrons. The molecular formula is C20H34CaO9S. The summed E-state index contributed by atoms with van der Waals surface area (Å²) in [5.74, 6) is -2.34. The molecule has 0 bridgehead atoms. The normalized spacial score (nSPS) is 11.1. The molecule has 0 saturated heterocycles. The third-order valence-corrected chi connectivity index (χ3v) is 5.10. The molecule has 0 aromatic rings. The summed E-state index contributed by atoms with van der Waals surface area (Å²) in [7, 11) is -3.97. The van der Waals surface area contributed by atoms with Crippen molar-refractivity contribution in [2.45, 2.75) is 52.9 Å². The Balaban J connectivity index is 0. The number of hydrogen-bond acceptors (Lipinski definition) is 8. The molecule has 0 aliphatic heterocycles. The van der Waals surface area contributed by atoms with E-state index in [1.165, 1.54) is 13.8 Å². The number of esters is 3. The molecular weight excluding hydrogens is 456 g/mol. The Morgan fingerprint density at radius 3 is 1.71 bits per heavy atom. The predicted molar refractivity (Wildman–Crippen MR) is 119 cm³/mol. The van der Waals surface area contributed by atoms with Crippen LogP contribution in [0.25, 0.3) is 0 Å². The van der Waals surface area contributed by atoms with Crippen LogP contribution in [-0.2, 0) is 38.7 Å². The predicted octanol–water partition coefficient (Wildman–Crippen LogP) is 1.70. The standard InChI is InChI=1S/C20H32O9S.Ca.2H/c1-6-20(13-28-17(21)15(2)3,14-29-18(22)16(4)5)19(23)27-11-9-7-8-10-12-30(24,25)26;;;/h2,4,6-14H2,1,3,5H3,(H,24,25,26);;;. The van der Waals surface area contributed by atoms with E-state index >= 15 is 0 Å². The summed E-state index contributed by atoms with van der Waals surface area (Å²) in [4.78, 5) is 36.2. The molecule has 0 aromatic carbocycles. The fourth-order valence-corrected chi connectivity index (χ4v) is 2.79. The molecule has 0 aliphatic carbocycles. The number of rotatable bonds is 15. The third kappa shape index (κ3) is 13.9. The summed E-state index contributed by atoms with van der Waals surface area (Å²) in [6.07, 6.45) is 2.11. The molecule has 1 N–H and O–H groups in total. The van der Waals surface area contributed by atoms with Crippen LogP contribution in [-0.4, -0.2) is 94.2 Å². The van der Waals surface area contributed by atoms with Crippen molar-refractivity contribution >= 4 is 65.8 Å². The molecule has 0 aliphatic rings. The van der Waals surface area contributed by atoms with Crippen molar-refractivity contribution < 1.29 is 41.6 Å². The van der Waals surface area contributed by atoms with Crippen molar-refractivity contribution in [3.63, 3.8) is 0 Å². The fraction of sp³-hybridized carbons (Fsp3) is 0.650. The van der Waals surface area contributed by atoms with Gasteiger partial charge in [-0.15, -0.1) is 0 Å². The summed E-state index contributed by atoms with van der Waals surface area (Å²) < 4.78 is 45.6. The van der Waals surface area contributed by atoms with Crippen LogP contribution in [0.5, 0.6) is 0 Å². The van der Waals surface area contributed by atoms with Crippen LogP contribution in [0.1, 0.15) is 52.9 Å². The van der Waals surface area contributed by atoms with Gasteiger partial charge in [0.1, 0.15) is 18.6 Å². The Hall–Kier alpha value is -0.940.